The van der Waals surface area contributed by atoms with Crippen LogP contribution in [0.3, 0.4) is 0 Å². The van der Waals surface area contributed by atoms with Crippen molar-refractivity contribution in [1.82, 2.24) is 20.0 Å². The first-order valence-electron chi connectivity index (χ1n) is 9.27. The fraction of sp³-hybridized carbons (Fsp3) is 0.0870. The minimum Gasteiger partial charge on any atom is -0.357 e. The summed E-state index contributed by atoms with van der Waals surface area (Å²) in [5.41, 5.74) is 3.74. The minimum absolute atomic E-state index is 0.278. The summed E-state index contributed by atoms with van der Waals surface area (Å²) in [6, 6.07) is 21.7. The highest BCUT2D eigenvalue weighted by atomic mass is 16.2. The van der Waals surface area contributed by atoms with Crippen LogP contribution in [0.5, 0.6) is 0 Å². The lowest BCUT2D eigenvalue weighted by atomic mass is 10.1. The van der Waals surface area contributed by atoms with Crippen LogP contribution in [0.15, 0.2) is 85.2 Å². The number of likely N-dealkylation sites (N-methyl/N-ethyl adjacent to an activating group) is 1. The first kappa shape index (κ1) is 18.4. The number of nitrogens with zero attached hydrogens (tertiary/aromatic N) is 2. The summed E-state index contributed by atoms with van der Waals surface area (Å²) < 4.78 is 1.81. The highest BCUT2D eigenvalue weighted by molar-refractivity contribution is 5.97. The quantitative estimate of drug-likeness (QED) is 0.555. The zero-order valence-corrected chi connectivity index (χ0v) is 15.9. The normalized spacial score (nSPS) is 11.8. The molecule has 2 amide bonds. The van der Waals surface area contributed by atoms with Gasteiger partial charge in [-0.05, 0) is 17.7 Å². The first-order valence-corrected chi connectivity index (χ1v) is 9.27. The standard InChI is InChI=1S/C23H20N4O2/c1-24-23(29)21(17-10-6-3-7-11-17)26-22(28)18-12-13-20-25-19(15-27(20)14-18)16-8-4-2-5-9-16/h2-15,21H,1H3,(H,24,29)(H,26,28)/t21-/m1/s1. The Hall–Kier alpha value is -3.93. The van der Waals surface area contributed by atoms with Gasteiger partial charge < -0.3 is 15.0 Å². The summed E-state index contributed by atoms with van der Waals surface area (Å²) in [5, 5.41) is 5.42. The van der Waals surface area contributed by atoms with Crippen LogP contribution in [-0.2, 0) is 4.79 Å². The highest BCUT2D eigenvalue weighted by Gasteiger charge is 2.22. The number of fused-ring (bicyclic) bond motifs is 1. The van der Waals surface area contributed by atoms with E-state index in [0.717, 1.165) is 22.5 Å². The van der Waals surface area contributed by atoms with E-state index in [1.165, 1.54) is 0 Å². The Kier molecular flexibility index (Phi) is 5.07. The Morgan fingerprint density at radius 1 is 0.897 bits per heavy atom. The molecule has 2 aromatic heterocycles. The highest BCUT2D eigenvalue weighted by Crippen LogP contribution is 2.20. The number of benzene rings is 2. The minimum atomic E-state index is -0.771. The number of carbonyl (C=O) groups excluding carboxylic acids is 2. The first-order chi connectivity index (χ1) is 14.2. The third kappa shape index (κ3) is 3.87. The maximum Gasteiger partial charge on any atom is 0.253 e. The number of nitrogens with one attached hydrogen (secondary N) is 2. The molecule has 144 valence electrons. The molecule has 0 aliphatic rings. The average molecular weight is 384 g/mol. The summed E-state index contributed by atoms with van der Waals surface area (Å²) in [4.78, 5) is 29.8. The molecule has 1 atom stereocenters. The van der Waals surface area contributed by atoms with Crippen molar-refractivity contribution in [3.05, 3.63) is 96.3 Å². The predicted octanol–water partition coefficient (Wildman–Crippen LogP) is 3.22. The van der Waals surface area contributed by atoms with Crippen molar-refractivity contribution in [3.63, 3.8) is 0 Å². The van der Waals surface area contributed by atoms with Crippen LogP contribution in [0, 0.1) is 0 Å². The van der Waals surface area contributed by atoms with Crippen molar-refractivity contribution in [2.24, 2.45) is 0 Å². The van der Waals surface area contributed by atoms with Gasteiger partial charge in [0.2, 0.25) is 5.91 Å². The molecule has 2 N–H and O–H groups in total. The number of amides is 2. The van der Waals surface area contributed by atoms with Crippen molar-refractivity contribution in [3.8, 4) is 11.3 Å². The molecular weight excluding hydrogens is 364 g/mol. The average Bonchev–Trinajstić information content (AvgIpc) is 3.21. The summed E-state index contributed by atoms with van der Waals surface area (Å²) >= 11 is 0. The van der Waals surface area contributed by atoms with Crippen LogP contribution in [0.2, 0.25) is 0 Å². The number of aromatic nitrogens is 2. The molecule has 6 heteroatoms. The molecule has 0 saturated carbocycles. The largest absolute Gasteiger partial charge is 0.357 e. The van der Waals surface area contributed by atoms with Crippen molar-refractivity contribution < 1.29 is 9.59 Å². The van der Waals surface area contributed by atoms with Gasteiger partial charge in [-0.3, -0.25) is 9.59 Å². The van der Waals surface area contributed by atoms with Crippen LogP contribution >= 0.6 is 0 Å². The monoisotopic (exact) mass is 384 g/mol. The maximum absolute atomic E-state index is 12.8. The molecule has 2 heterocycles. The number of carbonyl (C=O) groups is 2. The van der Waals surface area contributed by atoms with E-state index in [1.807, 2.05) is 71.3 Å². The Morgan fingerprint density at radius 3 is 2.28 bits per heavy atom. The van der Waals surface area contributed by atoms with Gasteiger partial charge in [0.05, 0.1) is 11.3 Å². The molecule has 0 spiro atoms. The Balaban J connectivity index is 1.61. The van der Waals surface area contributed by atoms with E-state index in [4.69, 9.17) is 0 Å². The number of pyridine rings is 1. The van der Waals surface area contributed by atoms with Gasteiger partial charge in [-0.15, -0.1) is 0 Å². The zero-order valence-electron chi connectivity index (χ0n) is 15.9. The molecule has 0 aliphatic heterocycles. The fourth-order valence-electron chi connectivity index (χ4n) is 3.18. The lowest BCUT2D eigenvalue weighted by Gasteiger charge is -2.17. The molecule has 0 unspecified atom stereocenters. The van der Waals surface area contributed by atoms with E-state index < -0.39 is 6.04 Å². The smallest absolute Gasteiger partial charge is 0.253 e. The third-order valence-electron chi connectivity index (χ3n) is 4.70. The molecular formula is C23H20N4O2. The van der Waals surface area contributed by atoms with E-state index in [1.54, 1.807) is 25.4 Å². The van der Waals surface area contributed by atoms with E-state index >= 15 is 0 Å². The second kappa shape index (κ2) is 7.98. The van der Waals surface area contributed by atoms with Crippen LogP contribution in [0.1, 0.15) is 22.0 Å². The Bertz CT molecular complexity index is 1150. The second-order valence-electron chi connectivity index (χ2n) is 6.61. The predicted molar refractivity (Wildman–Crippen MR) is 111 cm³/mol. The van der Waals surface area contributed by atoms with Gasteiger partial charge in [0.1, 0.15) is 11.7 Å². The second-order valence-corrected chi connectivity index (χ2v) is 6.61. The van der Waals surface area contributed by atoms with E-state index in [9.17, 15) is 9.59 Å². The summed E-state index contributed by atoms with van der Waals surface area (Å²) in [6.45, 7) is 0. The van der Waals surface area contributed by atoms with Crippen molar-refractivity contribution >= 4 is 17.5 Å². The molecule has 0 saturated heterocycles. The molecule has 4 rings (SSSR count). The summed E-state index contributed by atoms with van der Waals surface area (Å²) in [5.74, 6) is -0.612. The summed E-state index contributed by atoms with van der Waals surface area (Å²) in [6.07, 6.45) is 3.60. The summed E-state index contributed by atoms with van der Waals surface area (Å²) in [7, 11) is 1.55. The van der Waals surface area contributed by atoms with Gasteiger partial charge in [0.15, 0.2) is 0 Å². The van der Waals surface area contributed by atoms with Gasteiger partial charge in [-0.2, -0.15) is 0 Å². The van der Waals surface area contributed by atoms with Gasteiger partial charge in [-0.25, -0.2) is 4.98 Å². The lowest BCUT2D eigenvalue weighted by molar-refractivity contribution is -0.122. The van der Waals surface area contributed by atoms with Crippen LogP contribution in [0.25, 0.3) is 16.9 Å². The number of rotatable bonds is 5. The molecule has 29 heavy (non-hydrogen) atoms. The van der Waals surface area contributed by atoms with Gasteiger partial charge in [0, 0.05) is 25.0 Å². The van der Waals surface area contributed by atoms with Gasteiger partial charge >= 0.3 is 0 Å². The molecule has 0 aliphatic carbocycles. The number of imidazole rings is 1. The van der Waals surface area contributed by atoms with Gasteiger partial charge in [-0.1, -0.05) is 60.7 Å². The zero-order chi connectivity index (χ0) is 20.2. The molecule has 0 fully saturated rings. The van der Waals surface area contributed by atoms with Crippen molar-refractivity contribution in [2.75, 3.05) is 7.05 Å². The van der Waals surface area contributed by atoms with Gasteiger partial charge in [0.25, 0.3) is 5.91 Å². The van der Waals surface area contributed by atoms with E-state index in [0.29, 0.717) is 5.56 Å². The van der Waals surface area contributed by atoms with E-state index in [-0.39, 0.29) is 11.8 Å². The topological polar surface area (TPSA) is 75.5 Å². The SMILES string of the molecule is CNC(=O)[C@H](NC(=O)c1ccc2nc(-c3ccccc3)cn2c1)c1ccccc1. The third-order valence-corrected chi connectivity index (χ3v) is 4.70. The number of hydrogen-bond acceptors (Lipinski definition) is 3. The molecule has 2 aromatic carbocycles. The molecule has 6 nitrogen and oxygen atoms in total. The molecule has 0 bridgehead atoms. The molecule has 4 aromatic rings. The lowest BCUT2D eigenvalue weighted by Crippen LogP contribution is -2.39. The van der Waals surface area contributed by atoms with Crippen molar-refractivity contribution in [1.29, 1.82) is 0 Å². The number of hydrogen-bond donors (Lipinski definition) is 2. The van der Waals surface area contributed by atoms with E-state index in [2.05, 4.69) is 15.6 Å². The Morgan fingerprint density at radius 2 is 1.59 bits per heavy atom. The van der Waals surface area contributed by atoms with Crippen LogP contribution < -0.4 is 10.6 Å². The van der Waals surface area contributed by atoms with Crippen LogP contribution in [0.4, 0.5) is 0 Å². The molecule has 0 radical (unpaired) electrons. The fourth-order valence-corrected chi connectivity index (χ4v) is 3.18. The van der Waals surface area contributed by atoms with Crippen molar-refractivity contribution in [2.45, 2.75) is 6.04 Å². The Labute approximate surface area is 168 Å². The van der Waals surface area contributed by atoms with Crippen LogP contribution in [-0.4, -0.2) is 28.2 Å². The maximum atomic E-state index is 12.8.